The lowest BCUT2D eigenvalue weighted by atomic mass is 9.77. The molecule has 1 fully saturated rings. The fourth-order valence-corrected chi connectivity index (χ4v) is 3.85. The molecule has 1 heterocycles. The number of aliphatic hydroxyl groups is 1. The average molecular weight is 307 g/mol. The monoisotopic (exact) mass is 306 g/mol. The van der Waals surface area contributed by atoms with Crippen LogP contribution in [0.1, 0.15) is 57.3 Å². The molecule has 1 aromatic carbocycles. The number of benzene rings is 1. The van der Waals surface area contributed by atoms with Gasteiger partial charge < -0.3 is 9.52 Å². The van der Waals surface area contributed by atoms with Gasteiger partial charge in [-0.2, -0.15) is 0 Å². The lowest BCUT2D eigenvalue weighted by molar-refractivity contribution is 0.0560. The molecule has 3 rings (SSSR count). The second-order valence-corrected chi connectivity index (χ2v) is 6.73. The van der Waals surface area contributed by atoms with Gasteiger partial charge in [0.05, 0.1) is 5.02 Å². The second-order valence-electron chi connectivity index (χ2n) is 6.32. The second kappa shape index (κ2) is 6.41. The van der Waals surface area contributed by atoms with E-state index < -0.39 is 6.10 Å². The van der Waals surface area contributed by atoms with Gasteiger partial charge in [0.2, 0.25) is 0 Å². The Kier molecular flexibility index (Phi) is 4.56. The zero-order valence-corrected chi connectivity index (χ0v) is 13.3. The first-order chi connectivity index (χ1) is 10.2. The first-order valence-electron chi connectivity index (χ1n) is 8.05. The maximum atomic E-state index is 10.6. The van der Waals surface area contributed by atoms with Crippen LogP contribution in [-0.2, 0) is 0 Å². The maximum absolute atomic E-state index is 10.6. The smallest absolute Gasteiger partial charge is 0.152 e. The third kappa shape index (κ3) is 3.12. The van der Waals surface area contributed by atoms with Crippen molar-refractivity contribution in [2.24, 2.45) is 11.8 Å². The summed E-state index contributed by atoms with van der Waals surface area (Å²) < 4.78 is 5.81. The number of hydrogen-bond donors (Lipinski definition) is 1. The van der Waals surface area contributed by atoms with E-state index in [-0.39, 0.29) is 0 Å². The molecule has 2 nitrogen and oxygen atoms in total. The summed E-state index contributed by atoms with van der Waals surface area (Å²) in [5.74, 6) is 1.83. The van der Waals surface area contributed by atoms with E-state index in [2.05, 4.69) is 6.92 Å². The fraction of sp³-hybridized carbons (Fsp3) is 0.556. The van der Waals surface area contributed by atoms with E-state index in [1.165, 1.54) is 25.7 Å². The molecule has 0 saturated heterocycles. The van der Waals surface area contributed by atoms with E-state index in [9.17, 15) is 5.11 Å². The van der Waals surface area contributed by atoms with E-state index in [1.54, 1.807) is 0 Å². The summed E-state index contributed by atoms with van der Waals surface area (Å²) in [6.07, 6.45) is 6.74. The molecular weight excluding hydrogens is 284 g/mol. The van der Waals surface area contributed by atoms with Crippen LogP contribution in [0, 0.1) is 11.8 Å². The number of halogens is 1. The van der Waals surface area contributed by atoms with Crippen molar-refractivity contribution in [1.82, 2.24) is 0 Å². The molecule has 1 unspecified atom stereocenters. The molecule has 2 aromatic rings. The minimum Gasteiger partial charge on any atom is -0.457 e. The molecule has 3 heteroatoms. The van der Waals surface area contributed by atoms with E-state index >= 15 is 0 Å². The lowest BCUT2D eigenvalue weighted by Crippen LogP contribution is -2.20. The SMILES string of the molecule is CCCC1CCC(C(O)c2cc3cccc(Cl)c3o2)CC1. The van der Waals surface area contributed by atoms with Gasteiger partial charge in [0, 0.05) is 5.39 Å². The number of para-hydroxylation sites is 1. The van der Waals surface area contributed by atoms with Crippen LogP contribution >= 0.6 is 11.6 Å². The van der Waals surface area contributed by atoms with Crippen LogP contribution in [0.5, 0.6) is 0 Å². The Bertz CT molecular complexity index is 596. The van der Waals surface area contributed by atoms with Gasteiger partial charge >= 0.3 is 0 Å². The topological polar surface area (TPSA) is 33.4 Å². The Labute approximate surface area is 131 Å². The quantitative estimate of drug-likeness (QED) is 0.783. The van der Waals surface area contributed by atoms with Crippen molar-refractivity contribution in [2.45, 2.75) is 51.6 Å². The Morgan fingerprint density at radius 2 is 2.05 bits per heavy atom. The molecule has 0 bridgehead atoms. The number of aliphatic hydroxyl groups excluding tert-OH is 1. The Morgan fingerprint density at radius 3 is 2.71 bits per heavy atom. The molecule has 1 aliphatic carbocycles. The standard InChI is InChI=1S/C18H23ClO2/c1-2-4-12-7-9-13(10-8-12)17(20)16-11-14-5-3-6-15(19)18(14)21-16/h3,5-6,11-13,17,20H,2,4,7-10H2,1H3. The third-order valence-electron chi connectivity index (χ3n) is 4.84. The summed E-state index contributed by atoms with van der Waals surface area (Å²) in [6.45, 7) is 2.25. The summed E-state index contributed by atoms with van der Waals surface area (Å²) in [4.78, 5) is 0. The van der Waals surface area contributed by atoms with Gasteiger partial charge in [-0.25, -0.2) is 0 Å². The summed E-state index contributed by atoms with van der Waals surface area (Å²) in [5, 5.41) is 12.2. The zero-order chi connectivity index (χ0) is 14.8. The highest BCUT2D eigenvalue weighted by Crippen LogP contribution is 2.40. The van der Waals surface area contributed by atoms with E-state index in [4.69, 9.17) is 16.0 Å². The Balaban J connectivity index is 1.72. The van der Waals surface area contributed by atoms with E-state index in [0.29, 0.717) is 22.3 Å². The number of rotatable bonds is 4. The molecule has 1 saturated carbocycles. The van der Waals surface area contributed by atoms with E-state index in [1.807, 2.05) is 24.3 Å². The van der Waals surface area contributed by atoms with Gasteiger partial charge in [-0.05, 0) is 36.8 Å². The maximum Gasteiger partial charge on any atom is 0.152 e. The summed E-state index contributed by atoms with van der Waals surface area (Å²) in [5.41, 5.74) is 0.688. The van der Waals surface area contributed by atoms with Gasteiger partial charge in [-0.1, -0.05) is 56.3 Å². The van der Waals surface area contributed by atoms with Crippen LogP contribution in [-0.4, -0.2) is 5.11 Å². The van der Waals surface area contributed by atoms with Gasteiger partial charge in [0.1, 0.15) is 11.9 Å². The summed E-state index contributed by atoms with van der Waals surface area (Å²) in [7, 11) is 0. The van der Waals surface area contributed by atoms with Crippen molar-refractivity contribution >= 4 is 22.6 Å². The van der Waals surface area contributed by atoms with Gasteiger partial charge in [0.25, 0.3) is 0 Å². The first kappa shape index (κ1) is 14.9. The number of furan rings is 1. The van der Waals surface area contributed by atoms with Gasteiger partial charge in [-0.15, -0.1) is 0 Å². The van der Waals surface area contributed by atoms with Crippen LogP contribution in [0.2, 0.25) is 5.02 Å². The van der Waals surface area contributed by atoms with Crippen molar-refractivity contribution in [2.75, 3.05) is 0 Å². The molecule has 1 N–H and O–H groups in total. The van der Waals surface area contributed by atoms with Crippen molar-refractivity contribution in [1.29, 1.82) is 0 Å². The Morgan fingerprint density at radius 1 is 1.29 bits per heavy atom. The van der Waals surface area contributed by atoms with Crippen molar-refractivity contribution in [3.8, 4) is 0 Å². The molecule has 0 radical (unpaired) electrons. The van der Waals surface area contributed by atoms with Crippen LogP contribution in [0.15, 0.2) is 28.7 Å². The molecule has 0 spiro atoms. The molecule has 1 atom stereocenters. The molecule has 0 amide bonds. The predicted octanol–water partition coefficient (Wildman–Crippen LogP) is 5.73. The fourth-order valence-electron chi connectivity index (χ4n) is 3.63. The number of fused-ring (bicyclic) bond motifs is 1. The van der Waals surface area contributed by atoms with Crippen LogP contribution < -0.4 is 0 Å². The minimum absolute atomic E-state index is 0.317. The first-order valence-corrected chi connectivity index (χ1v) is 8.43. The van der Waals surface area contributed by atoms with E-state index in [0.717, 1.165) is 24.1 Å². The lowest BCUT2D eigenvalue weighted by Gasteiger charge is -2.30. The molecular formula is C18H23ClO2. The van der Waals surface area contributed by atoms with Crippen molar-refractivity contribution in [3.63, 3.8) is 0 Å². The minimum atomic E-state index is -0.504. The molecule has 21 heavy (non-hydrogen) atoms. The third-order valence-corrected chi connectivity index (χ3v) is 5.14. The highest BCUT2D eigenvalue weighted by molar-refractivity contribution is 6.34. The zero-order valence-electron chi connectivity index (χ0n) is 12.5. The number of hydrogen-bond acceptors (Lipinski definition) is 2. The van der Waals surface area contributed by atoms with Gasteiger partial charge in [-0.3, -0.25) is 0 Å². The highest BCUT2D eigenvalue weighted by Gasteiger charge is 2.29. The normalized spacial score (nSPS) is 24.3. The van der Waals surface area contributed by atoms with Crippen LogP contribution in [0.25, 0.3) is 11.0 Å². The summed E-state index contributed by atoms with van der Waals surface area (Å²) in [6, 6.07) is 7.63. The molecule has 1 aromatic heterocycles. The Hall–Kier alpha value is -0.990. The molecule has 114 valence electrons. The van der Waals surface area contributed by atoms with Crippen LogP contribution in [0.4, 0.5) is 0 Å². The molecule has 0 aliphatic heterocycles. The predicted molar refractivity (Wildman–Crippen MR) is 86.5 cm³/mol. The van der Waals surface area contributed by atoms with Crippen LogP contribution in [0.3, 0.4) is 0 Å². The van der Waals surface area contributed by atoms with Crippen molar-refractivity contribution < 1.29 is 9.52 Å². The largest absolute Gasteiger partial charge is 0.457 e. The highest BCUT2D eigenvalue weighted by atomic mass is 35.5. The van der Waals surface area contributed by atoms with Gasteiger partial charge in [0.15, 0.2) is 5.58 Å². The average Bonchev–Trinajstić information content (AvgIpc) is 2.93. The molecule has 1 aliphatic rings. The summed E-state index contributed by atoms with van der Waals surface area (Å²) >= 11 is 6.14. The van der Waals surface area contributed by atoms with Crippen molar-refractivity contribution in [3.05, 3.63) is 35.0 Å².